The third kappa shape index (κ3) is 1.69. The van der Waals surface area contributed by atoms with Crippen LogP contribution in [0.15, 0.2) is 54.6 Å². The van der Waals surface area contributed by atoms with Gasteiger partial charge in [0.05, 0.1) is 0 Å². The minimum atomic E-state index is 0.539. The van der Waals surface area contributed by atoms with E-state index in [0.717, 1.165) is 0 Å². The van der Waals surface area contributed by atoms with E-state index in [9.17, 15) is 0 Å². The quantitative estimate of drug-likeness (QED) is 0.645. The summed E-state index contributed by atoms with van der Waals surface area (Å²) in [5.74, 6) is 0.539. The van der Waals surface area contributed by atoms with E-state index in [4.69, 9.17) is 0 Å². The fraction of sp³-hybridized carbons (Fsp3) is 0.222. The van der Waals surface area contributed by atoms with E-state index in [2.05, 4.69) is 59.6 Å². The molecule has 94 valence electrons. The van der Waals surface area contributed by atoms with Crippen LogP contribution in [0.5, 0.6) is 0 Å². The van der Waals surface area contributed by atoms with Crippen molar-refractivity contribution in [2.75, 3.05) is 0 Å². The molecule has 1 aromatic heterocycles. The lowest BCUT2D eigenvalue weighted by molar-refractivity contribution is 0.608. The maximum atomic E-state index is 3.66. The van der Waals surface area contributed by atoms with Gasteiger partial charge in [-0.25, -0.2) is 0 Å². The first-order valence-electron chi connectivity index (χ1n) is 7.08. The van der Waals surface area contributed by atoms with Crippen LogP contribution in [-0.4, -0.2) is 4.98 Å². The Bertz CT molecular complexity index is 709. The molecule has 0 unspecified atom stereocenters. The molecule has 1 heteroatoms. The molecule has 0 aliphatic heterocycles. The summed E-state index contributed by atoms with van der Waals surface area (Å²) in [6.07, 6.45) is 3.75. The highest BCUT2D eigenvalue weighted by Crippen LogP contribution is 2.39. The second-order valence-electron chi connectivity index (χ2n) is 5.42. The van der Waals surface area contributed by atoms with Gasteiger partial charge in [0.1, 0.15) is 0 Å². The van der Waals surface area contributed by atoms with E-state index in [1.165, 1.54) is 47.0 Å². The van der Waals surface area contributed by atoms with Crippen molar-refractivity contribution in [1.29, 1.82) is 0 Å². The SMILES string of the molecule is c1ccc([C@@H]2CCCc3c2[nH]c2ccccc32)cc1. The Labute approximate surface area is 113 Å². The predicted molar refractivity (Wildman–Crippen MR) is 79.5 cm³/mol. The van der Waals surface area contributed by atoms with Crippen LogP contribution in [-0.2, 0) is 6.42 Å². The first kappa shape index (κ1) is 10.9. The number of aromatic nitrogens is 1. The van der Waals surface area contributed by atoms with Crippen LogP contribution in [0.1, 0.15) is 35.6 Å². The molecule has 19 heavy (non-hydrogen) atoms. The molecule has 0 fully saturated rings. The third-order valence-electron chi connectivity index (χ3n) is 4.32. The van der Waals surface area contributed by atoms with Crippen LogP contribution >= 0.6 is 0 Å². The third-order valence-corrected chi connectivity index (χ3v) is 4.32. The van der Waals surface area contributed by atoms with E-state index in [-0.39, 0.29) is 0 Å². The molecular weight excluding hydrogens is 230 g/mol. The molecular formula is C18H17N. The van der Waals surface area contributed by atoms with Crippen molar-refractivity contribution in [2.24, 2.45) is 0 Å². The highest BCUT2D eigenvalue weighted by molar-refractivity contribution is 5.85. The molecule has 0 amide bonds. The fourth-order valence-corrected chi connectivity index (χ4v) is 3.43. The molecule has 0 radical (unpaired) electrons. The van der Waals surface area contributed by atoms with Crippen molar-refractivity contribution >= 4 is 10.9 Å². The van der Waals surface area contributed by atoms with Crippen LogP contribution in [0.4, 0.5) is 0 Å². The Hall–Kier alpha value is -2.02. The highest BCUT2D eigenvalue weighted by Gasteiger charge is 2.24. The van der Waals surface area contributed by atoms with Crippen molar-refractivity contribution in [3.8, 4) is 0 Å². The van der Waals surface area contributed by atoms with Gasteiger partial charge in [-0.1, -0.05) is 48.5 Å². The molecule has 1 heterocycles. The Morgan fingerprint density at radius 3 is 2.58 bits per heavy atom. The zero-order chi connectivity index (χ0) is 12.7. The molecule has 2 aromatic carbocycles. The van der Waals surface area contributed by atoms with Gasteiger partial charge in [0.25, 0.3) is 0 Å². The van der Waals surface area contributed by atoms with Gasteiger partial charge in [0, 0.05) is 22.5 Å². The summed E-state index contributed by atoms with van der Waals surface area (Å²) < 4.78 is 0. The molecule has 3 aromatic rings. The van der Waals surface area contributed by atoms with Crippen LogP contribution in [0, 0.1) is 0 Å². The summed E-state index contributed by atoms with van der Waals surface area (Å²) in [7, 11) is 0. The second kappa shape index (κ2) is 4.27. The van der Waals surface area contributed by atoms with Gasteiger partial charge < -0.3 is 4.98 Å². The average molecular weight is 247 g/mol. The number of fused-ring (bicyclic) bond motifs is 3. The first-order chi connectivity index (χ1) is 9.43. The van der Waals surface area contributed by atoms with E-state index < -0.39 is 0 Å². The van der Waals surface area contributed by atoms with Crippen molar-refractivity contribution in [3.05, 3.63) is 71.4 Å². The molecule has 0 bridgehead atoms. The molecule has 1 aliphatic carbocycles. The molecule has 1 aliphatic rings. The number of aromatic amines is 1. The Morgan fingerprint density at radius 1 is 0.895 bits per heavy atom. The second-order valence-corrected chi connectivity index (χ2v) is 5.42. The minimum absolute atomic E-state index is 0.539. The predicted octanol–water partition coefficient (Wildman–Crippen LogP) is 4.64. The number of rotatable bonds is 1. The molecule has 1 atom stereocenters. The van der Waals surface area contributed by atoms with Gasteiger partial charge in [-0.2, -0.15) is 0 Å². The highest BCUT2D eigenvalue weighted by atomic mass is 14.7. The Balaban J connectivity index is 1.91. The summed E-state index contributed by atoms with van der Waals surface area (Å²) in [4.78, 5) is 3.66. The van der Waals surface area contributed by atoms with Gasteiger partial charge in [-0.3, -0.25) is 0 Å². The van der Waals surface area contributed by atoms with Gasteiger partial charge in [-0.05, 0) is 36.5 Å². The number of aryl methyl sites for hydroxylation is 1. The minimum Gasteiger partial charge on any atom is -0.358 e. The van der Waals surface area contributed by atoms with Gasteiger partial charge >= 0.3 is 0 Å². The molecule has 1 N–H and O–H groups in total. The van der Waals surface area contributed by atoms with E-state index in [1.807, 2.05) is 0 Å². The molecule has 0 saturated heterocycles. The number of H-pyrrole nitrogens is 1. The van der Waals surface area contributed by atoms with Crippen LogP contribution in [0.2, 0.25) is 0 Å². The number of hydrogen-bond donors (Lipinski definition) is 1. The Morgan fingerprint density at radius 2 is 1.68 bits per heavy atom. The molecule has 4 rings (SSSR count). The fourth-order valence-electron chi connectivity index (χ4n) is 3.43. The zero-order valence-corrected chi connectivity index (χ0v) is 10.9. The van der Waals surface area contributed by atoms with Crippen LogP contribution < -0.4 is 0 Å². The summed E-state index contributed by atoms with van der Waals surface area (Å²) in [6.45, 7) is 0. The zero-order valence-electron chi connectivity index (χ0n) is 10.9. The number of nitrogens with one attached hydrogen (secondary N) is 1. The summed E-state index contributed by atoms with van der Waals surface area (Å²) in [5, 5.41) is 1.41. The lowest BCUT2D eigenvalue weighted by atomic mass is 9.82. The van der Waals surface area contributed by atoms with E-state index in [0.29, 0.717) is 5.92 Å². The molecule has 0 spiro atoms. The number of para-hydroxylation sites is 1. The lowest BCUT2D eigenvalue weighted by Gasteiger charge is -2.23. The maximum absolute atomic E-state index is 3.66. The Kier molecular flexibility index (Phi) is 2.44. The molecule has 1 nitrogen and oxygen atoms in total. The lowest BCUT2D eigenvalue weighted by Crippen LogP contribution is -2.10. The summed E-state index contributed by atoms with van der Waals surface area (Å²) >= 11 is 0. The average Bonchev–Trinajstić information content (AvgIpc) is 2.87. The topological polar surface area (TPSA) is 15.8 Å². The van der Waals surface area contributed by atoms with Crippen molar-refractivity contribution in [1.82, 2.24) is 4.98 Å². The van der Waals surface area contributed by atoms with Gasteiger partial charge in [0.15, 0.2) is 0 Å². The van der Waals surface area contributed by atoms with Crippen molar-refractivity contribution in [2.45, 2.75) is 25.2 Å². The van der Waals surface area contributed by atoms with Crippen LogP contribution in [0.25, 0.3) is 10.9 Å². The number of hydrogen-bond acceptors (Lipinski definition) is 0. The number of benzene rings is 2. The van der Waals surface area contributed by atoms with Crippen LogP contribution in [0.3, 0.4) is 0 Å². The monoisotopic (exact) mass is 247 g/mol. The van der Waals surface area contributed by atoms with E-state index in [1.54, 1.807) is 0 Å². The van der Waals surface area contributed by atoms with Gasteiger partial charge in [-0.15, -0.1) is 0 Å². The van der Waals surface area contributed by atoms with E-state index >= 15 is 0 Å². The maximum Gasteiger partial charge on any atom is 0.0459 e. The van der Waals surface area contributed by atoms with Gasteiger partial charge in [0.2, 0.25) is 0 Å². The smallest absolute Gasteiger partial charge is 0.0459 e. The van der Waals surface area contributed by atoms with Crippen molar-refractivity contribution in [3.63, 3.8) is 0 Å². The normalized spacial score (nSPS) is 18.4. The molecule has 0 saturated carbocycles. The largest absolute Gasteiger partial charge is 0.358 e. The summed E-state index contributed by atoms with van der Waals surface area (Å²) in [5.41, 5.74) is 5.71. The summed E-state index contributed by atoms with van der Waals surface area (Å²) in [6, 6.07) is 19.6. The standard InChI is InChI=1S/C18H17N/c1-2-7-13(8-3-1)14-10-6-11-16-15-9-4-5-12-17(15)19-18(14)16/h1-5,7-9,12,14,19H,6,10-11H2/t14-/m0/s1. The first-order valence-corrected chi connectivity index (χ1v) is 7.08. The van der Waals surface area contributed by atoms with Crippen molar-refractivity contribution < 1.29 is 0 Å².